The van der Waals surface area contributed by atoms with Crippen LogP contribution in [0, 0.1) is 11.8 Å². The van der Waals surface area contributed by atoms with Gasteiger partial charge in [0.05, 0.1) is 12.2 Å². The summed E-state index contributed by atoms with van der Waals surface area (Å²) in [4.78, 5) is 12.0. The third kappa shape index (κ3) is 3.62. The molecule has 5 heteroatoms. The van der Waals surface area contributed by atoms with Crippen molar-refractivity contribution >= 4 is 17.6 Å². The predicted octanol–water partition coefficient (Wildman–Crippen LogP) is 3.92. The van der Waals surface area contributed by atoms with E-state index in [4.69, 9.17) is 25.8 Å². The van der Waals surface area contributed by atoms with Crippen LogP contribution in [-0.4, -0.2) is 31.1 Å². The van der Waals surface area contributed by atoms with Crippen molar-refractivity contribution in [2.75, 3.05) is 13.2 Å². The van der Waals surface area contributed by atoms with Crippen molar-refractivity contribution in [3.63, 3.8) is 0 Å². The van der Waals surface area contributed by atoms with Gasteiger partial charge in [-0.05, 0) is 24.3 Å². The number of benzene rings is 1. The van der Waals surface area contributed by atoms with Gasteiger partial charge in [0.15, 0.2) is 5.79 Å². The highest BCUT2D eigenvalue weighted by molar-refractivity contribution is 6.30. The third-order valence-corrected chi connectivity index (χ3v) is 4.19. The van der Waals surface area contributed by atoms with E-state index in [0.29, 0.717) is 17.2 Å². The van der Waals surface area contributed by atoms with Gasteiger partial charge in [0.1, 0.15) is 12.7 Å². The third-order valence-electron chi connectivity index (χ3n) is 3.94. The highest BCUT2D eigenvalue weighted by atomic mass is 35.5. The van der Waals surface area contributed by atoms with Gasteiger partial charge in [0.25, 0.3) is 0 Å². The minimum atomic E-state index is -0.600. The molecule has 1 aromatic rings. The summed E-state index contributed by atoms with van der Waals surface area (Å²) >= 11 is 5.80. The second kappa shape index (κ2) is 6.99. The van der Waals surface area contributed by atoms with Crippen molar-refractivity contribution in [2.24, 2.45) is 11.8 Å². The average Bonchev–Trinajstić information content (AvgIpc) is 2.91. The van der Waals surface area contributed by atoms with Crippen molar-refractivity contribution in [1.82, 2.24) is 0 Å². The molecule has 122 valence electrons. The van der Waals surface area contributed by atoms with Crippen LogP contribution in [0.25, 0.3) is 0 Å². The molecule has 1 heterocycles. The van der Waals surface area contributed by atoms with E-state index in [0.717, 1.165) is 0 Å². The van der Waals surface area contributed by atoms with Gasteiger partial charge in [-0.25, -0.2) is 4.79 Å². The van der Waals surface area contributed by atoms with Gasteiger partial charge in [-0.15, -0.1) is 0 Å². The first kappa shape index (κ1) is 17.3. The van der Waals surface area contributed by atoms with E-state index in [1.54, 1.807) is 24.3 Å². The van der Waals surface area contributed by atoms with Crippen LogP contribution in [0.5, 0.6) is 0 Å². The number of halogens is 1. The molecule has 0 unspecified atom stereocenters. The second-order valence-corrected chi connectivity index (χ2v) is 6.62. The maximum Gasteiger partial charge on any atom is 0.338 e. The molecule has 4 nitrogen and oxygen atoms in total. The van der Waals surface area contributed by atoms with Crippen molar-refractivity contribution in [2.45, 2.75) is 39.6 Å². The molecule has 0 saturated carbocycles. The van der Waals surface area contributed by atoms with Gasteiger partial charge < -0.3 is 14.2 Å². The second-order valence-electron chi connectivity index (χ2n) is 6.19. The van der Waals surface area contributed by atoms with Crippen LogP contribution >= 0.6 is 11.6 Å². The zero-order chi connectivity index (χ0) is 16.3. The Morgan fingerprint density at radius 1 is 1.27 bits per heavy atom. The molecule has 0 aromatic heterocycles. The Bertz CT molecular complexity index is 502. The SMILES string of the molecule is CC(C)C1(C(C)C)OC[C@H](COC(=O)c2ccc(Cl)cc2)O1. The fraction of sp³-hybridized carbons (Fsp3) is 0.588. The Hall–Kier alpha value is -1.10. The van der Waals surface area contributed by atoms with E-state index < -0.39 is 5.79 Å². The number of esters is 1. The van der Waals surface area contributed by atoms with Crippen LogP contribution in [0.15, 0.2) is 24.3 Å². The number of carbonyl (C=O) groups is 1. The standard InChI is InChI=1S/C17H23ClO4/c1-11(2)17(12(3)4)21-10-15(22-17)9-20-16(19)13-5-7-14(18)8-6-13/h5-8,11-12,15H,9-10H2,1-4H3/t15-/m0/s1. The molecule has 0 spiro atoms. The first-order valence-corrected chi connectivity index (χ1v) is 7.97. The molecule has 1 saturated heterocycles. The summed E-state index contributed by atoms with van der Waals surface area (Å²) in [6.07, 6.45) is -0.235. The molecule has 0 N–H and O–H groups in total. The molecule has 0 amide bonds. The molecule has 1 aromatic carbocycles. The van der Waals surface area contributed by atoms with E-state index in [1.807, 2.05) is 0 Å². The van der Waals surface area contributed by atoms with Crippen LogP contribution in [-0.2, 0) is 14.2 Å². The maximum atomic E-state index is 12.0. The van der Waals surface area contributed by atoms with E-state index in [2.05, 4.69) is 27.7 Å². The van der Waals surface area contributed by atoms with Gasteiger partial charge in [-0.3, -0.25) is 0 Å². The van der Waals surface area contributed by atoms with Crippen LogP contribution in [0.1, 0.15) is 38.1 Å². The van der Waals surface area contributed by atoms with E-state index in [1.165, 1.54) is 0 Å². The van der Waals surface area contributed by atoms with Gasteiger partial charge in [0.2, 0.25) is 0 Å². The molecular weight excluding hydrogens is 304 g/mol. The molecule has 2 rings (SSSR count). The Balaban J connectivity index is 1.90. The lowest BCUT2D eigenvalue weighted by Gasteiger charge is -2.35. The molecule has 1 atom stereocenters. The largest absolute Gasteiger partial charge is 0.459 e. The number of rotatable bonds is 5. The summed E-state index contributed by atoms with van der Waals surface area (Å²) in [6.45, 7) is 8.90. The summed E-state index contributed by atoms with van der Waals surface area (Å²) in [5.41, 5.74) is 0.474. The van der Waals surface area contributed by atoms with E-state index >= 15 is 0 Å². The van der Waals surface area contributed by atoms with Gasteiger partial charge in [-0.2, -0.15) is 0 Å². The molecule has 0 bridgehead atoms. The minimum Gasteiger partial charge on any atom is -0.459 e. The quantitative estimate of drug-likeness (QED) is 0.769. The highest BCUT2D eigenvalue weighted by Gasteiger charge is 2.47. The Labute approximate surface area is 136 Å². The molecule has 0 radical (unpaired) electrons. The smallest absolute Gasteiger partial charge is 0.338 e. The summed E-state index contributed by atoms with van der Waals surface area (Å²) < 4.78 is 17.3. The molecule has 22 heavy (non-hydrogen) atoms. The molecule has 1 aliphatic rings. The molecule has 1 fully saturated rings. The normalized spacial score (nSPS) is 20.6. The minimum absolute atomic E-state index is 0.183. The lowest BCUT2D eigenvalue weighted by Crippen LogP contribution is -2.42. The molecule has 1 aliphatic heterocycles. The van der Waals surface area contributed by atoms with Gasteiger partial charge in [-0.1, -0.05) is 39.3 Å². The highest BCUT2D eigenvalue weighted by Crippen LogP contribution is 2.37. The number of ether oxygens (including phenoxy) is 3. The first-order chi connectivity index (χ1) is 10.3. The lowest BCUT2D eigenvalue weighted by atomic mass is 9.91. The zero-order valence-electron chi connectivity index (χ0n) is 13.5. The monoisotopic (exact) mass is 326 g/mol. The van der Waals surface area contributed by atoms with Crippen LogP contribution in [0.4, 0.5) is 0 Å². The van der Waals surface area contributed by atoms with Crippen LogP contribution in [0.3, 0.4) is 0 Å². The van der Waals surface area contributed by atoms with Gasteiger partial charge in [0, 0.05) is 16.9 Å². The lowest BCUT2D eigenvalue weighted by molar-refractivity contribution is -0.227. The Kier molecular flexibility index (Phi) is 5.48. The van der Waals surface area contributed by atoms with Crippen molar-refractivity contribution < 1.29 is 19.0 Å². The molecular formula is C17H23ClO4. The average molecular weight is 327 g/mol. The van der Waals surface area contributed by atoms with Crippen LogP contribution in [0.2, 0.25) is 5.02 Å². The number of hydrogen-bond acceptors (Lipinski definition) is 4. The van der Waals surface area contributed by atoms with E-state index in [9.17, 15) is 4.79 Å². The Morgan fingerprint density at radius 2 is 1.86 bits per heavy atom. The maximum absolute atomic E-state index is 12.0. The van der Waals surface area contributed by atoms with Crippen molar-refractivity contribution in [1.29, 1.82) is 0 Å². The van der Waals surface area contributed by atoms with Gasteiger partial charge >= 0.3 is 5.97 Å². The summed E-state index contributed by atoms with van der Waals surface area (Å²) in [5, 5.41) is 0.586. The predicted molar refractivity (Wildman–Crippen MR) is 85.0 cm³/mol. The van der Waals surface area contributed by atoms with E-state index in [-0.39, 0.29) is 30.5 Å². The van der Waals surface area contributed by atoms with Crippen LogP contribution < -0.4 is 0 Å². The summed E-state index contributed by atoms with van der Waals surface area (Å²) in [7, 11) is 0. The Morgan fingerprint density at radius 3 is 2.36 bits per heavy atom. The zero-order valence-corrected chi connectivity index (χ0v) is 14.2. The number of hydrogen-bond donors (Lipinski definition) is 0. The molecule has 0 aliphatic carbocycles. The fourth-order valence-electron chi connectivity index (χ4n) is 2.74. The number of carbonyl (C=O) groups excluding carboxylic acids is 1. The fourth-order valence-corrected chi connectivity index (χ4v) is 2.87. The topological polar surface area (TPSA) is 44.8 Å². The summed E-state index contributed by atoms with van der Waals surface area (Å²) in [5.74, 6) is -0.530. The summed E-state index contributed by atoms with van der Waals surface area (Å²) in [6, 6.07) is 6.61. The van der Waals surface area contributed by atoms with Crippen molar-refractivity contribution in [3.05, 3.63) is 34.9 Å². The van der Waals surface area contributed by atoms with Crippen molar-refractivity contribution in [3.8, 4) is 0 Å². The first-order valence-electron chi connectivity index (χ1n) is 7.59.